The van der Waals surface area contributed by atoms with Crippen LogP contribution in [0.25, 0.3) is 0 Å². The molecule has 3 N–H and O–H groups in total. The fourth-order valence-corrected chi connectivity index (χ4v) is 4.18. The predicted molar refractivity (Wildman–Crippen MR) is 109 cm³/mol. The number of benzene rings is 2. The van der Waals surface area contributed by atoms with Gasteiger partial charge in [-0.15, -0.1) is 12.4 Å². The molecule has 0 spiro atoms. The minimum Gasteiger partial charge on any atom is -0.338 e. The zero-order chi connectivity index (χ0) is 19.7. The number of carbonyl (C=O) groups is 1. The van der Waals surface area contributed by atoms with Crippen LogP contribution in [0.1, 0.15) is 23.7 Å². The van der Waals surface area contributed by atoms with E-state index in [4.69, 9.17) is 5.73 Å². The summed E-state index contributed by atoms with van der Waals surface area (Å²) >= 11 is 0. The first-order valence-electron chi connectivity index (χ1n) is 8.60. The van der Waals surface area contributed by atoms with Gasteiger partial charge in [-0.3, -0.25) is 9.52 Å². The van der Waals surface area contributed by atoms with Gasteiger partial charge in [0, 0.05) is 24.3 Å². The van der Waals surface area contributed by atoms with Crippen LogP contribution in [0.4, 0.5) is 10.1 Å². The third-order valence-corrected chi connectivity index (χ3v) is 6.20. The lowest BCUT2D eigenvalue weighted by Gasteiger charge is -2.22. The van der Waals surface area contributed by atoms with Gasteiger partial charge in [0.25, 0.3) is 15.9 Å². The molecule has 2 aromatic carbocycles. The maximum atomic E-state index is 13.0. The number of hydrogen-bond acceptors (Lipinski definition) is 4. The maximum absolute atomic E-state index is 13.0. The Morgan fingerprint density at radius 3 is 2.54 bits per heavy atom. The quantitative estimate of drug-likeness (QED) is 0.767. The van der Waals surface area contributed by atoms with Gasteiger partial charge in [0.2, 0.25) is 0 Å². The smallest absolute Gasteiger partial charge is 0.261 e. The lowest BCUT2D eigenvalue weighted by molar-refractivity contribution is 0.0776. The van der Waals surface area contributed by atoms with Crippen LogP contribution in [-0.2, 0) is 10.0 Å². The molecule has 1 heterocycles. The molecule has 2 aromatic rings. The topological polar surface area (TPSA) is 92.5 Å². The van der Waals surface area contributed by atoms with Crippen molar-refractivity contribution < 1.29 is 17.6 Å². The third kappa shape index (κ3) is 4.81. The first kappa shape index (κ1) is 22.1. The first-order chi connectivity index (χ1) is 12.7. The Morgan fingerprint density at radius 1 is 1.25 bits per heavy atom. The minimum absolute atomic E-state index is 0. The number of anilines is 1. The second-order valence-electron chi connectivity index (χ2n) is 7.13. The molecule has 1 aliphatic rings. The van der Waals surface area contributed by atoms with Crippen molar-refractivity contribution in [2.45, 2.75) is 18.2 Å². The summed E-state index contributed by atoms with van der Waals surface area (Å²) < 4.78 is 40.5. The summed E-state index contributed by atoms with van der Waals surface area (Å²) in [5.41, 5.74) is 6.22. The highest BCUT2D eigenvalue weighted by atomic mass is 35.5. The summed E-state index contributed by atoms with van der Waals surface area (Å²) in [7, 11) is -3.90. The average molecular weight is 428 g/mol. The Kier molecular flexibility index (Phi) is 6.69. The Balaban J connectivity index is 0.00000280. The van der Waals surface area contributed by atoms with Crippen molar-refractivity contribution in [3.63, 3.8) is 0 Å². The van der Waals surface area contributed by atoms with Gasteiger partial charge < -0.3 is 10.6 Å². The van der Waals surface area contributed by atoms with E-state index in [2.05, 4.69) is 4.72 Å². The van der Waals surface area contributed by atoms with Crippen LogP contribution in [0.2, 0.25) is 0 Å². The van der Waals surface area contributed by atoms with Gasteiger partial charge in [0.15, 0.2) is 0 Å². The Hall–Kier alpha value is -2.16. The molecule has 1 fully saturated rings. The van der Waals surface area contributed by atoms with Crippen LogP contribution in [-0.4, -0.2) is 38.9 Å². The summed E-state index contributed by atoms with van der Waals surface area (Å²) in [6, 6.07) is 10.9. The molecule has 3 rings (SSSR count). The summed E-state index contributed by atoms with van der Waals surface area (Å²) in [6.07, 6.45) is 0.819. The van der Waals surface area contributed by atoms with Crippen molar-refractivity contribution >= 4 is 34.0 Å². The van der Waals surface area contributed by atoms with E-state index in [-0.39, 0.29) is 34.3 Å². The monoisotopic (exact) mass is 427 g/mol. The number of sulfonamides is 1. The molecule has 0 aromatic heterocycles. The van der Waals surface area contributed by atoms with Crippen LogP contribution in [0.5, 0.6) is 0 Å². The van der Waals surface area contributed by atoms with Crippen LogP contribution in [0.3, 0.4) is 0 Å². The van der Waals surface area contributed by atoms with Gasteiger partial charge in [-0.1, -0.05) is 13.0 Å². The zero-order valence-corrected chi connectivity index (χ0v) is 17.0. The average Bonchev–Trinajstić information content (AvgIpc) is 3.06. The molecular formula is C19H23ClFN3O3S. The molecule has 0 radical (unpaired) electrons. The van der Waals surface area contributed by atoms with Crippen molar-refractivity contribution in [3.05, 3.63) is 59.9 Å². The fourth-order valence-electron chi connectivity index (χ4n) is 3.07. The highest BCUT2D eigenvalue weighted by Gasteiger charge is 2.35. The summed E-state index contributed by atoms with van der Waals surface area (Å²) in [5, 5.41) is 0. The van der Waals surface area contributed by atoms with Crippen molar-refractivity contribution in [2.75, 3.05) is 24.4 Å². The number of rotatable bonds is 5. The molecule has 28 heavy (non-hydrogen) atoms. The standard InChI is InChI=1S/C19H22FN3O3S.ClH/c1-19(12-21)9-10-23(13-19)18(24)14-3-2-4-17(11-14)27(25,26)22-16-7-5-15(20)6-8-16;/h2-8,11,22H,9-10,12-13,21H2,1H3;1H. The van der Waals surface area contributed by atoms with Crippen LogP contribution >= 0.6 is 12.4 Å². The number of nitrogens with two attached hydrogens (primary N) is 1. The minimum atomic E-state index is -3.90. The normalized spacial score (nSPS) is 19.2. The van der Waals surface area contributed by atoms with Crippen molar-refractivity contribution in [3.8, 4) is 0 Å². The Morgan fingerprint density at radius 2 is 1.93 bits per heavy atom. The van der Waals surface area contributed by atoms with Crippen LogP contribution < -0.4 is 10.5 Å². The Bertz CT molecular complexity index is 953. The number of nitrogens with one attached hydrogen (secondary N) is 1. The molecular weight excluding hydrogens is 405 g/mol. The van der Waals surface area contributed by atoms with Gasteiger partial charge in [-0.25, -0.2) is 12.8 Å². The summed E-state index contributed by atoms with van der Waals surface area (Å²) in [4.78, 5) is 14.4. The Labute approximate surface area is 170 Å². The van der Waals surface area contributed by atoms with Crippen LogP contribution in [0, 0.1) is 11.2 Å². The molecule has 0 aliphatic carbocycles. The van der Waals surface area contributed by atoms with E-state index in [0.717, 1.165) is 6.42 Å². The number of hydrogen-bond donors (Lipinski definition) is 2. The van der Waals surface area contributed by atoms with Gasteiger partial charge in [0.1, 0.15) is 5.82 Å². The molecule has 0 saturated carbocycles. The summed E-state index contributed by atoms with van der Waals surface area (Å²) in [5.74, 6) is -0.674. The van der Waals surface area contributed by atoms with E-state index in [1.807, 2.05) is 6.92 Å². The van der Waals surface area contributed by atoms with E-state index in [0.29, 0.717) is 25.2 Å². The number of likely N-dealkylation sites (tertiary alicyclic amines) is 1. The van der Waals surface area contributed by atoms with E-state index < -0.39 is 15.8 Å². The third-order valence-electron chi connectivity index (χ3n) is 4.83. The molecule has 1 amide bonds. The van der Waals surface area contributed by atoms with E-state index >= 15 is 0 Å². The van der Waals surface area contributed by atoms with Gasteiger partial charge in [-0.05, 0) is 60.8 Å². The van der Waals surface area contributed by atoms with E-state index in [1.54, 1.807) is 11.0 Å². The van der Waals surface area contributed by atoms with Crippen molar-refractivity contribution in [1.29, 1.82) is 0 Å². The number of carbonyl (C=O) groups excluding carboxylic acids is 1. The maximum Gasteiger partial charge on any atom is 0.261 e. The van der Waals surface area contributed by atoms with Gasteiger partial charge in [0.05, 0.1) is 4.90 Å². The SMILES string of the molecule is CC1(CN)CCN(C(=O)c2cccc(S(=O)(=O)Nc3ccc(F)cc3)c2)C1.Cl. The molecule has 1 unspecified atom stereocenters. The van der Waals surface area contributed by atoms with Gasteiger partial charge in [-0.2, -0.15) is 0 Å². The van der Waals surface area contributed by atoms with Gasteiger partial charge >= 0.3 is 0 Å². The molecule has 0 bridgehead atoms. The van der Waals surface area contributed by atoms with Crippen LogP contribution in [0.15, 0.2) is 53.4 Å². The largest absolute Gasteiger partial charge is 0.338 e. The summed E-state index contributed by atoms with van der Waals surface area (Å²) in [6.45, 7) is 3.67. The van der Waals surface area contributed by atoms with E-state index in [1.165, 1.54) is 42.5 Å². The zero-order valence-electron chi connectivity index (χ0n) is 15.4. The molecule has 1 aliphatic heterocycles. The fraction of sp³-hybridized carbons (Fsp3) is 0.316. The van der Waals surface area contributed by atoms with E-state index in [9.17, 15) is 17.6 Å². The number of nitrogens with zero attached hydrogens (tertiary/aromatic N) is 1. The first-order valence-corrected chi connectivity index (χ1v) is 10.1. The lowest BCUT2D eigenvalue weighted by atomic mass is 9.90. The number of amides is 1. The highest BCUT2D eigenvalue weighted by molar-refractivity contribution is 7.92. The predicted octanol–water partition coefficient (Wildman–Crippen LogP) is 2.86. The second-order valence-corrected chi connectivity index (χ2v) is 8.81. The molecule has 152 valence electrons. The molecule has 9 heteroatoms. The molecule has 6 nitrogen and oxygen atoms in total. The molecule has 1 saturated heterocycles. The second kappa shape index (κ2) is 8.46. The number of halogens is 2. The molecule has 1 atom stereocenters. The van der Waals surface area contributed by atoms with Crippen molar-refractivity contribution in [1.82, 2.24) is 4.90 Å². The highest BCUT2D eigenvalue weighted by Crippen LogP contribution is 2.29. The van der Waals surface area contributed by atoms with Crippen molar-refractivity contribution in [2.24, 2.45) is 11.1 Å². The lowest BCUT2D eigenvalue weighted by Crippen LogP contribution is -2.34.